The normalized spacial score (nSPS) is 11.2. The molecule has 0 saturated heterocycles. The number of nitrogens with one attached hydrogen (secondary N) is 2. The molecule has 1 aromatic heterocycles. The standard InChI is InChI=1S/C14H14FN3O4S/c15-11-4-1-5-12(19)13(11)14(20)17-7-8-18-23(21,22)10-3-2-6-16-9-10/h1-6,9,18-19H,7-8H2,(H,17,20). The van der Waals surface area contributed by atoms with Crippen molar-refractivity contribution in [3.05, 3.63) is 54.1 Å². The fraction of sp³-hybridized carbons (Fsp3) is 0.143. The number of carbonyl (C=O) groups is 1. The van der Waals surface area contributed by atoms with E-state index in [1.165, 1.54) is 36.7 Å². The maximum atomic E-state index is 13.5. The van der Waals surface area contributed by atoms with E-state index in [1.54, 1.807) is 0 Å². The van der Waals surface area contributed by atoms with Gasteiger partial charge in [0.05, 0.1) is 0 Å². The molecule has 0 atom stereocenters. The van der Waals surface area contributed by atoms with Crippen molar-refractivity contribution in [1.82, 2.24) is 15.0 Å². The van der Waals surface area contributed by atoms with Crippen LogP contribution in [0.25, 0.3) is 0 Å². The van der Waals surface area contributed by atoms with Gasteiger partial charge in [0, 0.05) is 25.5 Å². The molecule has 0 saturated carbocycles. The topological polar surface area (TPSA) is 108 Å². The summed E-state index contributed by atoms with van der Waals surface area (Å²) >= 11 is 0. The summed E-state index contributed by atoms with van der Waals surface area (Å²) in [6.07, 6.45) is 2.64. The van der Waals surface area contributed by atoms with Gasteiger partial charge in [-0.15, -0.1) is 0 Å². The number of hydrogen-bond donors (Lipinski definition) is 3. The zero-order chi connectivity index (χ0) is 16.9. The molecule has 2 aromatic rings. The predicted octanol–water partition coefficient (Wildman–Crippen LogP) is 0.635. The highest BCUT2D eigenvalue weighted by Crippen LogP contribution is 2.19. The molecule has 1 aromatic carbocycles. The molecule has 0 aliphatic rings. The lowest BCUT2D eigenvalue weighted by Gasteiger charge is -2.09. The van der Waals surface area contributed by atoms with Crippen molar-refractivity contribution in [1.29, 1.82) is 0 Å². The van der Waals surface area contributed by atoms with Crippen molar-refractivity contribution >= 4 is 15.9 Å². The second-order valence-corrected chi connectivity index (χ2v) is 6.24. The molecule has 1 heterocycles. The first-order chi connectivity index (χ1) is 10.9. The fourth-order valence-corrected chi connectivity index (χ4v) is 2.77. The summed E-state index contributed by atoms with van der Waals surface area (Å²) in [7, 11) is -3.73. The number of aromatic hydroxyl groups is 1. The van der Waals surface area contributed by atoms with E-state index in [1.807, 2.05) is 0 Å². The Kier molecular flexibility index (Phi) is 5.24. The Morgan fingerprint density at radius 2 is 2.00 bits per heavy atom. The number of pyridine rings is 1. The lowest BCUT2D eigenvalue weighted by molar-refractivity contribution is 0.0947. The number of aromatic nitrogens is 1. The second-order valence-electron chi connectivity index (χ2n) is 4.48. The summed E-state index contributed by atoms with van der Waals surface area (Å²) in [4.78, 5) is 15.5. The zero-order valence-corrected chi connectivity index (χ0v) is 12.7. The number of nitrogens with zero attached hydrogens (tertiary/aromatic N) is 1. The van der Waals surface area contributed by atoms with E-state index >= 15 is 0 Å². The molecule has 122 valence electrons. The zero-order valence-electron chi connectivity index (χ0n) is 11.9. The Bertz CT molecular complexity index is 777. The molecular formula is C14H14FN3O4S. The average molecular weight is 339 g/mol. The van der Waals surface area contributed by atoms with Crippen molar-refractivity contribution in [3.8, 4) is 5.75 Å². The quantitative estimate of drug-likeness (QED) is 0.669. The van der Waals surface area contributed by atoms with Crippen LogP contribution in [0, 0.1) is 5.82 Å². The number of carbonyl (C=O) groups excluding carboxylic acids is 1. The van der Waals surface area contributed by atoms with Crippen LogP contribution in [-0.2, 0) is 10.0 Å². The number of phenols is 1. The largest absolute Gasteiger partial charge is 0.507 e. The molecule has 2 rings (SSSR count). The summed E-state index contributed by atoms with van der Waals surface area (Å²) in [5.74, 6) is -2.18. The van der Waals surface area contributed by atoms with Gasteiger partial charge in [0.2, 0.25) is 10.0 Å². The molecule has 0 unspecified atom stereocenters. The monoisotopic (exact) mass is 339 g/mol. The third-order valence-corrected chi connectivity index (χ3v) is 4.31. The summed E-state index contributed by atoms with van der Waals surface area (Å²) < 4.78 is 39.5. The Morgan fingerprint density at radius 1 is 1.22 bits per heavy atom. The Balaban J connectivity index is 1.90. The van der Waals surface area contributed by atoms with E-state index in [9.17, 15) is 22.7 Å². The number of sulfonamides is 1. The maximum Gasteiger partial charge on any atom is 0.258 e. The van der Waals surface area contributed by atoms with Crippen molar-refractivity contribution < 1.29 is 22.7 Å². The minimum absolute atomic E-state index is 0.00178. The highest BCUT2D eigenvalue weighted by atomic mass is 32.2. The molecule has 0 radical (unpaired) electrons. The van der Waals surface area contributed by atoms with Gasteiger partial charge in [-0.1, -0.05) is 6.07 Å². The number of halogens is 1. The SMILES string of the molecule is O=C(NCCNS(=O)(=O)c1cccnc1)c1c(O)cccc1F. The molecule has 0 spiro atoms. The molecule has 0 aliphatic heterocycles. The van der Waals surface area contributed by atoms with Gasteiger partial charge in [-0.3, -0.25) is 9.78 Å². The van der Waals surface area contributed by atoms with E-state index in [0.717, 1.165) is 6.07 Å². The Labute approximate surface area is 132 Å². The van der Waals surface area contributed by atoms with Crippen LogP contribution in [0.5, 0.6) is 5.75 Å². The van der Waals surface area contributed by atoms with E-state index in [4.69, 9.17) is 0 Å². The van der Waals surface area contributed by atoms with Crippen LogP contribution in [0.3, 0.4) is 0 Å². The van der Waals surface area contributed by atoms with E-state index in [2.05, 4.69) is 15.0 Å². The minimum Gasteiger partial charge on any atom is -0.507 e. The van der Waals surface area contributed by atoms with Crippen LogP contribution >= 0.6 is 0 Å². The van der Waals surface area contributed by atoms with Crippen LogP contribution in [-0.4, -0.2) is 37.5 Å². The molecule has 9 heteroatoms. The lowest BCUT2D eigenvalue weighted by Crippen LogP contribution is -2.35. The van der Waals surface area contributed by atoms with Gasteiger partial charge < -0.3 is 10.4 Å². The fourth-order valence-electron chi connectivity index (χ4n) is 1.78. The first-order valence-corrected chi connectivity index (χ1v) is 8.05. The van der Waals surface area contributed by atoms with Gasteiger partial charge in [-0.2, -0.15) is 0 Å². The van der Waals surface area contributed by atoms with Crippen LogP contribution in [0.15, 0.2) is 47.6 Å². The van der Waals surface area contributed by atoms with E-state index in [-0.39, 0.29) is 18.0 Å². The smallest absolute Gasteiger partial charge is 0.258 e. The van der Waals surface area contributed by atoms with Crippen molar-refractivity contribution in [3.63, 3.8) is 0 Å². The van der Waals surface area contributed by atoms with Gasteiger partial charge in [0.25, 0.3) is 5.91 Å². The summed E-state index contributed by atoms with van der Waals surface area (Å²) in [6, 6.07) is 6.36. The molecule has 0 bridgehead atoms. The molecule has 7 nitrogen and oxygen atoms in total. The van der Waals surface area contributed by atoms with Crippen LogP contribution < -0.4 is 10.0 Å². The third kappa shape index (κ3) is 4.24. The van der Waals surface area contributed by atoms with Gasteiger partial charge in [-0.05, 0) is 24.3 Å². The third-order valence-electron chi connectivity index (χ3n) is 2.87. The Hall–Kier alpha value is -2.52. The number of phenolic OH excluding ortho intramolecular Hbond substituents is 1. The van der Waals surface area contributed by atoms with Crippen molar-refractivity contribution in [2.24, 2.45) is 0 Å². The van der Waals surface area contributed by atoms with Gasteiger partial charge >= 0.3 is 0 Å². The van der Waals surface area contributed by atoms with E-state index in [0.29, 0.717) is 0 Å². The van der Waals surface area contributed by atoms with Crippen LogP contribution in [0.2, 0.25) is 0 Å². The number of hydrogen-bond acceptors (Lipinski definition) is 5. The Morgan fingerprint density at radius 3 is 2.65 bits per heavy atom. The van der Waals surface area contributed by atoms with Crippen molar-refractivity contribution in [2.45, 2.75) is 4.90 Å². The van der Waals surface area contributed by atoms with Crippen molar-refractivity contribution in [2.75, 3.05) is 13.1 Å². The predicted molar refractivity (Wildman–Crippen MR) is 79.8 cm³/mol. The molecule has 23 heavy (non-hydrogen) atoms. The molecular weight excluding hydrogens is 325 g/mol. The maximum absolute atomic E-state index is 13.5. The average Bonchev–Trinajstić information content (AvgIpc) is 2.52. The summed E-state index contributed by atoms with van der Waals surface area (Å²) in [6.45, 7) is -0.176. The first kappa shape index (κ1) is 16.8. The molecule has 1 amide bonds. The lowest BCUT2D eigenvalue weighted by atomic mass is 10.2. The number of benzene rings is 1. The number of rotatable bonds is 6. The summed E-state index contributed by atoms with van der Waals surface area (Å²) in [5.41, 5.74) is -0.484. The molecule has 0 aliphatic carbocycles. The second kappa shape index (κ2) is 7.16. The van der Waals surface area contributed by atoms with Gasteiger partial charge in [0.15, 0.2) is 0 Å². The van der Waals surface area contributed by atoms with E-state index < -0.39 is 33.1 Å². The highest BCUT2D eigenvalue weighted by molar-refractivity contribution is 7.89. The van der Waals surface area contributed by atoms with Crippen LogP contribution in [0.4, 0.5) is 4.39 Å². The molecule has 3 N–H and O–H groups in total. The highest BCUT2D eigenvalue weighted by Gasteiger charge is 2.17. The summed E-state index contributed by atoms with van der Waals surface area (Å²) in [5, 5.41) is 11.8. The minimum atomic E-state index is -3.73. The molecule has 0 fully saturated rings. The van der Waals surface area contributed by atoms with Crippen LogP contribution in [0.1, 0.15) is 10.4 Å². The number of amides is 1. The van der Waals surface area contributed by atoms with Gasteiger partial charge in [-0.25, -0.2) is 17.5 Å². The van der Waals surface area contributed by atoms with Gasteiger partial charge in [0.1, 0.15) is 22.0 Å². The first-order valence-electron chi connectivity index (χ1n) is 6.57.